The van der Waals surface area contributed by atoms with Gasteiger partial charge in [0.05, 0.1) is 17.6 Å². The normalized spacial score (nSPS) is 11.2. The van der Waals surface area contributed by atoms with Crippen LogP contribution in [-0.4, -0.2) is 39.7 Å². The van der Waals surface area contributed by atoms with Crippen LogP contribution in [0.1, 0.15) is 24.3 Å². The summed E-state index contributed by atoms with van der Waals surface area (Å²) in [6.07, 6.45) is 0. The second-order valence-corrected chi connectivity index (χ2v) is 7.76. The molecule has 154 valence electrons. The first-order valence-electron chi connectivity index (χ1n) is 9.23. The maximum atomic E-state index is 12.8. The molecule has 30 heavy (non-hydrogen) atoms. The van der Waals surface area contributed by atoms with E-state index in [1.54, 1.807) is 37.7 Å². The molecule has 0 bridgehead atoms. The third-order valence-electron chi connectivity index (χ3n) is 4.55. The number of ether oxygens (including phenoxy) is 1. The fourth-order valence-electron chi connectivity index (χ4n) is 3.04. The number of rotatable bonds is 6. The number of aromatic nitrogens is 2. The molecule has 8 heteroatoms. The van der Waals surface area contributed by atoms with E-state index >= 15 is 0 Å². The Kier molecular flexibility index (Phi) is 6.09. The highest BCUT2D eigenvalue weighted by molar-refractivity contribution is 6.26. The number of amides is 1. The molecule has 0 atom stereocenters. The SMILES string of the molecule is [C-]#[N+]c1ccc(-c2ccc3c(C(=O)NC(C)(C)COC(=O)CCl)nn(C)c3c2)cc1. The van der Waals surface area contributed by atoms with Gasteiger partial charge in [-0.1, -0.05) is 30.3 Å². The van der Waals surface area contributed by atoms with Gasteiger partial charge in [0.2, 0.25) is 0 Å². The van der Waals surface area contributed by atoms with Crippen LogP contribution in [0.3, 0.4) is 0 Å². The highest BCUT2D eigenvalue weighted by Gasteiger charge is 2.26. The van der Waals surface area contributed by atoms with E-state index in [4.69, 9.17) is 22.9 Å². The first kappa shape index (κ1) is 21.3. The Morgan fingerprint density at radius 1 is 1.20 bits per heavy atom. The van der Waals surface area contributed by atoms with Gasteiger partial charge >= 0.3 is 5.97 Å². The lowest BCUT2D eigenvalue weighted by atomic mass is 10.0. The molecule has 3 rings (SSSR count). The molecule has 1 aromatic heterocycles. The van der Waals surface area contributed by atoms with E-state index in [2.05, 4.69) is 15.3 Å². The number of carbonyl (C=O) groups excluding carboxylic acids is 2. The minimum atomic E-state index is -0.784. The highest BCUT2D eigenvalue weighted by atomic mass is 35.5. The molecule has 1 amide bonds. The van der Waals surface area contributed by atoms with Crippen LogP contribution in [0.5, 0.6) is 0 Å². The van der Waals surface area contributed by atoms with E-state index in [1.807, 2.05) is 30.3 Å². The molecular formula is C22H21ClN4O3. The Morgan fingerprint density at radius 3 is 2.50 bits per heavy atom. The van der Waals surface area contributed by atoms with Crippen molar-refractivity contribution in [3.8, 4) is 11.1 Å². The zero-order chi connectivity index (χ0) is 21.9. The average molecular weight is 425 g/mol. The Morgan fingerprint density at radius 2 is 1.87 bits per heavy atom. The number of hydrogen-bond acceptors (Lipinski definition) is 4. The number of carbonyl (C=O) groups is 2. The summed E-state index contributed by atoms with van der Waals surface area (Å²) in [5.41, 5.74) is 2.82. The van der Waals surface area contributed by atoms with Crippen LogP contribution in [0.4, 0.5) is 5.69 Å². The molecule has 0 aliphatic carbocycles. The van der Waals surface area contributed by atoms with E-state index in [9.17, 15) is 9.59 Å². The number of alkyl halides is 1. The van der Waals surface area contributed by atoms with Crippen molar-refractivity contribution in [1.82, 2.24) is 15.1 Å². The van der Waals surface area contributed by atoms with E-state index in [-0.39, 0.29) is 18.4 Å². The topological polar surface area (TPSA) is 77.6 Å². The number of nitrogens with zero attached hydrogens (tertiary/aromatic N) is 3. The van der Waals surface area contributed by atoms with Crippen molar-refractivity contribution in [1.29, 1.82) is 0 Å². The minimum absolute atomic E-state index is 0.000190. The molecule has 2 aromatic carbocycles. The smallest absolute Gasteiger partial charge is 0.320 e. The second kappa shape index (κ2) is 8.56. The fraction of sp³-hybridized carbons (Fsp3) is 0.273. The van der Waals surface area contributed by atoms with Crippen molar-refractivity contribution in [3.05, 3.63) is 59.6 Å². The van der Waals surface area contributed by atoms with Gasteiger partial charge in [-0.05, 0) is 37.1 Å². The van der Waals surface area contributed by atoms with Gasteiger partial charge < -0.3 is 10.1 Å². The van der Waals surface area contributed by atoms with E-state index in [0.29, 0.717) is 16.8 Å². The summed E-state index contributed by atoms with van der Waals surface area (Å²) in [5, 5.41) is 7.95. The largest absolute Gasteiger partial charge is 0.462 e. The monoisotopic (exact) mass is 424 g/mol. The average Bonchev–Trinajstić information content (AvgIpc) is 3.08. The van der Waals surface area contributed by atoms with Gasteiger partial charge in [-0.3, -0.25) is 14.3 Å². The third-order valence-corrected chi connectivity index (χ3v) is 4.77. The number of benzene rings is 2. The zero-order valence-electron chi connectivity index (χ0n) is 16.9. The summed E-state index contributed by atoms with van der Waals surface area (Å²) in [5.74, 6) is -1.14. The zero-order valence-corrected chi connectivity index (χ0v) is 17.7. The molecule has 0 spiro atoms. The van der Waals surface area contributed by atoms with Crippen molar-refractivity contribution in [3.63, 3.8) is 0 Å². The highest BCUT2D eigenvalue weighted by Crippen LogP contribution is 2.28. The molecule has 1 heterocycles. The predicted octanol–water partition coefficient (Wildman–Crippen LogP) is 4.08. The summed E-state index contributed by atoms with van der Waals surface area (Å²) in [4.78, 5) is 27.5. The minimum Gasteiger partial charge on any atom is -0.462 e. The molecule has 3 aromatic rings. The Balaban J connectivity index is 1.86. The number of hydrogen-bond donors (Lipinski definition) is 1. The summed E-state index contributed by atoms with van der Waals surface area (Å²) < 4.78 is 6.69. The summed E-state index contributed by atoms with van der Waals surface area (Å²) in [7, 11) is 1.78. The summed E-state index contributed by atoms with van der Waals surface area (Å²) >= 11 is 5.44. The van der Waals surface area contributed by atoms with Crippen LogP contribution in [-0.2, 0) is 16.6 Å². The molecule has 0 saturated carbocycles. The summed E-state index contributed by atoms with van der Waals surface area (Å²) in [6, 6.07) is 13.1. The first-order chi connectivity index (χ1) is 14.2. The standard InChI is InChI=1S/C22H21ClN4O3/c1-22(2,13-30-19(28)12-23)25-21(29)20-17-10-7-15(11-18(17)27(4)26-20)14-5-8-16(24-3)9-6-14/h5-11H,12-13H2,1-2,4H3,(H,25,29). The number of halogens is 1. The Bertz CT molecular complexity index is 1140. The molecule has 7 nitrogen and oxygen atoms in total. The number of esters is 1. The van der Waals surface area contributed by atoms with Gasteiger partial charge in [-0.2, -0.15) is 5.10 Å². The van der Waals surface area contributed by atoms with Gasteiger partial charge in [-0.15, -0.1) is 11.6 Å². The summed E-state index contributed by atoms with van der Waals surface area (Å²) in [6.45, 7) is 10.6. The van der Waals surface area contributed by atoms with Gasteiger partial charge in [0.15, 0.2) is 11.4 Å². The van der Waals surface area contributed by atoms with Crippen molar-refractivity contribution in [2.24, 2.45) is 7.05 Å². The molecule has 0 saturated heterocycles. The van der Waals surface area contributed by atoms with Crippen molar-refractivity contribution >= 4 is 40.1 Å². The lowest BCUT2D eigenvalue weighted by Gasteiger charge is -2.25. The molecule has 0 aliphatic heterocycles. The predicted molar refractivity (Wildman–Crippen MR) is 116 cm³/mol. The van der Waals surface area contributed by atoms with E-state index in [0.717, 1.165) is 16.6 Å². The molecule has 0 aliphatic rings. The van der Waals surface area contributed by atoms with E-state index < -0.39 is 11.5 Å². The molecule has 0 fully saturated rings. The molecule has 1 N–H and O–H groups in total. The van der Waals surface area contributed by atoms with Crippen LogP contribution in [0.15, 0.2) is 42.5 Å². The molecular weight excluding hydrogens is 404 g/mol. The van der Waals surface area contributed by atoms with Crippen molar-refractivity contribution < 1.29 is 14.3 Å². The van der Waals surface area contributed by atoms with E-state index in [1.165, 1.54) is 0 Å². The van der Waals surface area contributed by atoms with Crippen molar-refractivity contribution in [2.75, 3.05) is 12.5 Å². The lowest BCUT2D eigenvalue weighted by molar-refractivity contribution is -0.142. The van der Waals surface area contributed by atoms with Gasteiger partial charge in [0, 0.05) is 12.4 Å². The van der Waals surface area contributed by atoms with Gasteiger partial charge in [0.25, 0.3) is 5.91 Å². The van der Waals surface area contributed by atoms with Crippen LogP contribution in [0.2, 0.25) is 0 Å². The maximum Gasteiger partial charge on any atom is 0.320 e. The Hall–Kier alpha value is -3.37. The maximum absolute atomic E-state index is 12.8. The Labute approximate surface area is 179 Å². The number of nitrogens with one attached hydrogen (secondary N) is 1. The third kappa shape index (κ3) is 4.61. The van der Waals surface area contributed by atoms with Gasteiger partial charge in [-0.25, -0.2) is 4.85 Å². The second-order valence-electron chi connectivity index (χ2n) is 7.50. The lowest BCUT2D eigenvalue weighted by Crippen LogP contribution is -2.47. The van der Waals surface area contributed by atoms with Crippen LogP contribution >= 0.6 is 11.6 Å². The number of aryl methyl sites for hydroxylation is 1. The van der Waals surface area contributed by atoms with Crippen LogP contribution in [0.25, 0.3) is 26.9 Å². The first-order valence-corrected chi connectivity index (χ1v) is 9.76. The fourth-order valence-corrected chi connectivity index (χ4v) is 3.11. The molecule has 0 radical (unpaired) electrons. The number of fused-ring (bicyclic) bond motifs is 1. The van der Waals surface area contributed by atoms with Crippen LogP contribution in [0, 0.1) is 6.57 Å². The molecule has 0 unspecified atom stereocenters. The van der Waals surface area contributed by atoms with Gasteiger partial charge in [0.1, 0.15) is 12.5 Å². The van der Waals surface area contributed by atoms with Crippen molar-refractivity contribution in [2.45, 2.75) is 19.4 Å². The van der Waals surface area contributed by atoms with Crippen LogP contribution < -0.4 is 5.32 Å². The quantitative estimate of drug-likeness (QED) is 0.367.